The van der Waals surface area contributed by atoms with Crippen LogP contribution in [-0.2, 0) is 0 Å². The zero-order valence-electron chi connectivity index (χ0n) is 9.56. The van der Waals surface area contributed by atoms with Gasteiger partial charge in [-0.3, -0.25) is 0 Å². The Morgan fingerprint density at radius 2 is 1.78 bits per heavy atom. The highest BCUT2D eigenvalue weighted by Gasteiger charge is 2.02. The molecule has 5 heteroatoms. The highest BCUT2D eigenvalue weighted by atomic mass is 35.5. The molecular weight excluding hydrogens is 271 g/mol. The minimum atomic E-state index is -0.250. The van der Waals surface area contributed by atoms with Crippen LogP contribution in [0.5, 0.6) is 6.01 Å². The molecule has 2 rings (SSSR count). The fraction of sp³-hybridized carbons (Fsp3) is 0.0769. The van der Waals surface area contributed by atoms with E-state index in [2.05, 4.69) is 9.97 Å². The van der Waals surface area contributed by atoms with Gasteiger partial charge in [0, 0.05) is 21.3 Å². The summed E-state index contributed by atoms with van der Waals surface area (Å²) in [6.07, 6.45) is 3.48. The number of nitrogens with zero attached hydrogens (tertiary/aromatic N) is 2. The Labute approximate surface area is 115 Å². The zero-order chi connectivity index (χ0) is 13.1. The molecule has 0 amide bonds. The van der Waals surface area contributed by atoms with Gasteiger partial charge >= 0.3 is 6.01 Å². The van der Waals surface area contributed by atoms with E-state index in [-0.39, 0.29) is 6.01 Å². The summed E-state index contributed by atoms with van der Waals surface area (Å²) in [5.41, 5.74) is 2.00. The van der Waals surface area contributed by atoms with E-state index in [0.717, 1.165) is 5.56 Å². The molecule has 92 valence electrons. The predicted molar refractivity (Wildman–Crippen MR) is 73.8 cm³/mol. The minimum Gasteiger partial charge on any atom is -0.479 e. The number of halogens is 2. The summed E-state index contributed by atoms with van der Waals surface area (Å²) in [4.78, 5) is 7.66. The van der Waals surface area contributed by atoms with Crippen molar-refractivity contribution < 1.29 is 5.11 Å². The molecule has 1 heterocycles. The van der Waals surface area contributed by atoms with Crippen molar-refractivity contribution in [2.24, 2.45) is 0 Å². The normalized spacial score (nSPS) is 11.1. The van der Waals surface area contributed by atoms with Gasteiger partial charge in [0.25, 0.3) is 0 Å². The van der Waals surface area contributed by atoms with Crippen molar-refractivity contribution in [3.63, 3.8) is 0 Å². The average molecular weight is 281 g/mol. The van der Waals surface area contributed by atoms with Crippen LogP contribution < -0.4 is 0 Å². The van der Waals surface area contributed by atoms with Crippen LogP contribution in [0, 0.1) is 6.92 Å². The molecule has 0 saturated carbocycles. The standard InChI is InChI=1S/C13H10Cl2N2O/c1-8-7-9(17-13(18)16-8)5-6-10-11(14)3-2-4-12(10)15/h2-7H,1H3,(H,16,17,18). The lowest BCUT2D eigenvalue weighted by Crippen LogP contribution is -1.88. The van der Waals surface area contributed by atoms with Gasteiger partial charge in [-0.15, -0.1) is 0 Å². The third-order valence-corrected chi connectivity index (χ3v) is 2.94. The van der Waals surface area contributed by atoms with Crippen LogP contribution in [0.1, 0.15) is 17.0 Å². The highest BCUT2D eigenvalue weighted by Crippen LogP contribution is 2.26. The van der Waals surface area contributed by atoms with Crippen molar-refractivity contribution in [2.75, 3.05) is 0 Å². The maximum absolute atomic E-state index is 9.29. The number of benzene rings is 1. The summed E-state index contributed by atoms with van der Waals surface area (Å²) in [6, 6.07) is 6.80. The molecule has 0 aliphatic rings. The van der Waals surface area contributed by atoms with Gasteiger partial charge in [0.2, 0.25) is 0 Å². The SMILES string of the molecule is Cc1cc(C=Cc2c(Cl)cccc2Cl)nc(O)n1. The highest BCUT2D eigenvalue weighted by molar-refractivity contribution is 6.37. The summed E-state index contributed by atoms with van der Waals surface area (Å²) >= 11 is 12.1. The Balaban J connectivity index is 2.36. The molecule has 1 N–H and O–H groups in total. The van der Waals surface area contributed by atoms with Crippen molar-refractivity contribution >= 4 is 35.4 Å². The maximum atomic E-state index is 9.29. The Bertz CT molecular complexity index is 571. The van der Waals surface area contributed by atoms with E-state index in [4.69, 9.17) is 23.2 Å². The van der Waals surface area contributed by atoms with Gasteiger partial charge < -0.3 is 5.11 Å². The summed E-state index contributed by atoms with van der Waals surface area (Å²) in [7, 11) is 0. The third-order valence-electron chi connectivity index (χ3n) is 2.28. The van der Waals surface area contributed by atoms with E-state index < -0.39 is 0 Å². The monoisotopic (exact) mass is 280 g/mol. The Morgan fingerprint density at radius 3 is 2.39 bits per heavy atom. The van der Waals surface area contributed by atoms with Crippen molar-refractivity contribution in [1.82, 2.24) is 9.97 Å². The maximum Gasteiger partial charge on any atom is 0.314 e. The molecule has 0 radical (unpaired) electrons. The van der Waals surface area contributed by atoms with E-state index in [1.807, 2.05) is 0 Å². The van der Waals surface area contributed by atoms with E-state index in [1.165, 1.54) is 0 Å². The second kappa shape index (κ2) is 5.38. The largest absolute Gasteiger partial charge is 0.479 e. The van der Waals surface area contributed by atoms with Crippen LogP contribution in [0.4, 0.5) is 0 Å². The van der Waals surface area contributed by atoms with E-state index in [1.54, 1.807) is 43.3 Å². The van der Waals surface area contributed by atoms with Crippen LogP contribution in [0.15, 0.2) is 24.3 Å². The fourth-order valence-electron chi connectivity index (χ4n) is 1.50. The molecule has 1 aromatic heterocycles. The summed E-state index contributed by atoms with van der Waals surface area (Å²) < 4.78 is 0. The predicted octanol–water partition coefficient (Wildman–Crippen LogP) is 3.97. The molecule has 0 aliphatic heterocycles. The van der Waals surface area contributed by atoms with Crippen LogP contribution in [0.25, 0.3) is 12.2 Å². The van der Waals surface area contributed by atoms with Crippen molar-refractivity contribution in [3.8, 4) is 6.01 Å². The number of aromatic hydroxyl groups is 1. The van der Waals surface area contributed by atoms with Crippen LogP contribution in [0.2, 0.25) is 10.0 Å². The molecule has 0 saturated heterocycles. The first-order valence-electron chi connectivity index (χ1n) is 5.23. The number of hydrogen-bond acceptors (Lipinski definition) is 3. The first-order chi connectivity index (χ1) is 8.56. The van der Waals surface area contributed by atoms with Gasteiger partial charge in [0.15, 0.2) is 0 Å². The smallest absolute Gasteiger partial charge is 0.314 e. The number of rotatable bonds is 2. The molecular formula is C13H10Cl2N2O. The second-order valence-corrected chi connectivity index (χ2v) is 4.52. The Kier molecular flexibility index (Phi) is 3.84. The zero-order valence-corrected chi connectivity index (χ0v) is 11.1. The van der Waals surface area contributed by atoms with Gasteiger partial charge in [0.05, 0.1) is 5.69 Å². The molecule has 0 fully saturated rings. The molecule has 2 aromatic rings. The van der Waals surface area contributed by atoms with Gasteiger partial charge in [-0.05, 0) is 37.3 Å². The molecule has 18 heavy (non-hydrogen) atoms. The molecule has 0 spiro atoms. The quantitative estimate of drug-likeness (QED) is 0.906. The number of aromatic nitrogens is 2. The summed E-state index contributed by atoms with van der Waals surface area (Å²) in [6.45, 7) is 1.78. The minimum absolute atomic E-state index is 0.250. The molecule has 0 aliphatic carbocycles. The van der Waals surface area contributed by atoms with Crippen molar-refractivity contribution in [1.29, 1.82) is 0 Å². The molecule has 0 atom stereocenters. The second-order valence-electron chi connectivity index (χ2n) is 3.70. The van der Waals surface area contributed by atoms with E-state index >= 15 is 0 Å². The van der Waals surface area contributed by atoms with Crippen molar-refractivity contribution in [3.05, 3.63) is 51.3 Å². The van der Waals surface area contributed by atoms with E-state index in [9.17, 15) is 5.11 Å². The average Bonchev–Trinajstić information content (AvgIpc) is 2.27. The fourth-order valence-corrected chi connectivity index (χ4v) is 2.02. The summed E-state index contributed by atoms with van der Waals surface area (Å²) in [5.74, 6) is 0. The topological polar surface area (TPSA) is 46.0 Å². The lowest BCUT2D eigenvalue weighted by atomic mass is 10.2. The third kappa shape index (κ3) is 3.00. The van der Waals surface area contributed by atoms with Gasteiger partial charge in [0.1, 0.15) is 0 Å². The molecule has 0 unspecified atom stereocenters. The van der Waals surface area contributed by atoms with Crippen molar-refractivity contribution in [2.45, 2.75) is 6.92 Å². The van der Waals surface area contributed by atoms with Crippen LogP contribution in [-0.4, -0.2) is 15.1 Å². The number of hydrogen-bond donors (Lipinski definition) is 1. The molecule has 1 aromatic carbocycles. The van der Waals surface area contributed by atoms with Crippen LogP contribution in [0.3, 0.4) is 0 Å². The van der Waals surface area contributed by atoms with Gasteiger partial charge in [-0.2, -0.15) is 4.98 Å². The van der Waals surface area contributed by atoms with E-state index in [0.29, 0.717) is 21.4 Å². The first kappa shape index (κ1) is 12.9. The first-order valence-corrected chi connectivity index (χ1v) is 5.98. The number of aryl methyl sites for hydroxylation is 1. The van der Waals surface area contributed by atoms with Gasteiger partial charge in [-0.1, -0.05) is 29.3 Å². The Morgan fingerprint density at radius 1 is 1.11 bits per heavy atom. The Hall–Kier alpha value is -1.58. The molecule has 3 nitrogen and oxygen atoms in total. The summed E-state index contributed by atoms with van der Waals surface area (Å²) in [5, 5.41) is 10.4. The van der Waals surface area contributed by atoms with Gasteiger partial charge in [-0.25, -0.2) is 4.98 Å². The lowest BCUT2D eigenvalue weighted by molar-refractivity contribution is 0.428. The molecule has 0 bridgehead atoms. The lowest BCUT2D eigenvalue weighted by Gasteiger charge is -2.01. The van der Waals surface area contributed by atoms with Crippen LogP contribution >= 0.6 is 23.2 Å².